The number of aryl methyl sites for hydroxylation is 2. The lowest BCUT2D eigenvalue weighted by molar-refractivity contribution is 0.102. The number of halogens is 1. The van der Waals surface area contributed by atoms with Crippen molar-refractivity contribution in [2.45, 2.75) is 34.1 Å². The second kappa shape index (κ2) is 8.13. The molecule has 0 spiro atoms. The molecule has 0 radical (unpaired) electrons. The Balaban J connectivity index is 1.92. The van der Waals surface area contributed by atoms with Gasteiger partial charge in [-0.25, -0.2) is 4.98 Å². The summed E-state index contributed by atoms with van der Waals surface area (Å²) in [6, 6.07) is 9.98. The van der Waals surface area contributed by atoms with Gasteiger partial charge in [-0.15, -0.1) is 0 Å². The lowest BCUT2D eigenvalue weighted by atomic mass is 10.2. The van der Waals surface area contributed by atoms with E-state index in [0.717, 1.165) is 45.8 Å². The van der Waals surface area contributed by atoms with Crippen LogP contribution in [0.4, 0.5) is 11.4 Å². The van der Waals surface area contributed by atoms with Crippen LogP contribution in [0, 0.1) is 6.92 Å². The molecule has 1 amide bonds. The van der Waals surface area contributed by atoms with Gasteiger partial charge in [0.15, 0.2) is 5.65 Å². The third-order valence-electron chi connectivity index (χ3n) is 4.69. The summed E-state index contributed by atoms with van der Waals surface area (Å²) in [5, 5.41) is 3.02. The van der Waals surface area contributed by atoms with Gasteiger partial charge in [-0.2, -0.15) is 0 Å². The molecular weight excluding hydrogens is 404 g/mol. The Morgan fingerprint density at radius 2 is 1.85 bits per heavy atom. The summed E-state index contributed by atoms with van der Waals surface area (Å²) in [6.45, 7) is 10.2. The highest BCUT2D eigenvalue weighted by atomic mass is 79.9. The molecule has 0 aliphatic carbocycles. The van der Waals surface area contributed by atoms with Crippen molar-refractivity contribution < 1.29 is 4.79 Å². The quantitative estimate of drug-likeness (QED) is 0.596. The maximum absolute atomic E-state index is 13.0. The molecule has 27 heavy (non-hydrogen) atoms. The molecule has 1 aromatic carbocycles. The topological polar surface area (TPSA) is 49.6 Å². The van der Waals surface area contributed by atoms with Crippen molar-refractivity contribution >= 4 is 38.9 Å². The van der Waals surface area contributed by atoms with Crippen LogP contribution in [0.1, 0.15) is 42.5 Å². The molecule has 0 aliphatic heterocycles. The molecule has 6 heteroatoms. The highest BCUT2D eigenvalue weighted by Gasteiger charge is 2.20. The molecule has 5 nitrogen and oxygen atoms in total. The number of hydrogen-bond donors (Lipinski definition) is 1. The number of rotatable bonds is 6. The summed E-state index contributed by atoms with van der Waals surface area (Å²) >= 11 is 3.56. The van der Waals surface area contributed by atoms with E-state index in [0.29, 0.717) is 12.1 Å². The summed E-state index contributed by atoms with van der Waals surface area (Å²) in [6.07, 6.45) is 2.64. The first-order valence-electron chi connectivity index (χ1n) is 9.31. The third-order valence-corrected chi connectivity index (χ3v) is 5.27. The van der Waals surface area contributed by atoms with E-state index in [2.05, 4.69) is 45.0 Å². The van der Waals surface area contributed by atoms with Gasteiger partial charge in [-0.3, -0.25) is 9.20 Å². The molecule has 0 unspecified atom stereocenters. The van der Waals surface area contributed by atoms with Crippen molar-refractivity contribution in [3.8, 4) is 0 Å². The van der Waals surface area contributed by atoms with Crippen LogP contribution in [0.15, 0.2) is 41.0 Å². The van der Waals surface area contributed by atoms with Gasteiger partial charge in [0.2, 0.25) is 0 Å². The number of amides is 1. The van der Waals surface area contributed by atoms with Gasteiger partial charge in [-0.05, 0) is 79.0 Å². The van der Waals surface area contributed by atoms with Crippen molar-refractivity contribution in [3.63, 3.8) is 0 Å². The van der Waals surface area contributed by atoms with Crippen LogP contribution >= 0.6 is 15.9 Å². The predicted octanol–water partition coefficient (Wildman–Crippen LogP) is 5.07. The average molecular weight is 429 g/mol. The number of hydrogen-bond acceptors (Lipinski definition) is 3. The van der Waals surface area contributed by atoms with Gasteiger partial charge in [-0.1, -0.05) is 6.92 Å². The van der Waals surface area contributed by atoms with Gasteiger partial charge in [0, 0.05) is 30.7 Å². The van der Waals surface area contributed by atoms with E-state index >= 15 is 0 Å². The molecule has 0 atom stereocenters. The fourth-order valence-electron chi connectivity index (χ4n) is 3.30. The lowest BCUT2D eigenvalue weighted by Gasteiger charge is -2.21. The third kappa shape index (κ3) is 3.86. The van der Waals surface area contributed by atoms with Crippen molar-refractivity contribution in [2.75, 3.05) is 23.3 Å². The lowest BCUT2D eigenvalue weighted by Crippen LogP contribution is -2.21. The Morgan fingerprint density at radius 3 is 2.44 bits per heavy atom. The van der Waals surface area contributed by atoms with Gasteiger partial charge < -0.3 is 10.2 Å². The Labute approximate surface area is 168 Å². The minimum Gasteiger partial charge on any atom is -0.372 e. The van der Waals surface area contributed by atoms with Crippen LogP contribution < -0.4 is 10.2 Å². The highest BCUT2D eigenvalue weighted by molar-refractivity contribution is 9.10. The van der Waals surface area contributed by atoms with E-state index in [1.807, 2.05) is 54.8 Å². The van der Waals surface area contributed by atoms with Gasteiger partial charge in [0.25, 0.3) is 5.91 Å². The Morgan fingerprint density at radius 1 is 1.19 bits per heavy atom. The summed E-state index contributed by atoms with van der Waals surface area (Å²) in [7, 11) is 0. The number of pyridine rings is 1. The van der Waals surface area contributed by atoms with Crippen molar-refractivity contribution in [2.24, 2.45) is 0 Å². The number of fused-ring (bicyclic) bond motifs is 1. The number of aromatic nitrogens is 2. The molecule has 2 heterocycles. The van der Waals surface area contributed by atoms with Gasteiger partial charge in [0.05, 0.1) is 10.2 Å². The normalized spacial score (nSPS) is 11.0. The number of carbonyl (C=O) groups is 1. The number of nitrogens with one attached hydrogen (secondary N) is 1. The molecule has 3 rings (SSSR count). The molecule has 0 bridgehead atoms. The number of imidazole rings is 1. The first kappa shape index (κ1) is 19.4. The minimum atomic E-state index is -0.146. The SMILES string of the molecule is CCc1nc2c(Br)cc(C)cn2c1C(=O)Nc1ccc(N(CC)CC)cc1. The van der Waals surface area contributed by atoms with Crippen LogP contribution in [-0.2, 0) is 6.42 Å². The summed E-state index contributed by atoms with van der Waals surface area (Å²) in [5.74, 6) is -0.146. The van der Waals surface area contributed by atoms with Crippen LogP contribution in [-0.4, -0.2) is 28.4 Å². The Bertz CT molecular complexity index is 958. The fourth-order valence-corrected chi connectivity index (χ4v) is 3.94. The van der Waals surface area contributed by atoms with Crippen molar-refractivity contribution in [3.05, 3.63) is 58.0 Å². The zero-order chi connectivity index (χ0) is 19.6. The smallest absolute Gasteiger partial charge is 0.274 e. The van der Waals surface area contributed by atoms with E-state index in [4.69, 9.17) is 0 Å². The molecule has 142 valence electrons. The zero-order valence-corrected chi connectivity index (χ0v) is 17.8. The number of nitrogens with zero attached hydrogens (tertiary/aromatic N) is 3. The maximum Gasteiger partial charge on any atom is 0.274 e. The molecule has 0 saturated heterocycles. The van der Waals surface area contributed by atoms with Crippen LogP contribution in [0.2, 0.25) is 0 Å². The predicted molar refractivity (Wildman–Crippen MR) is 115 cm³/mol. The molecule has 2 aromatic heterocycles. The summed E-state index contributed by atoms with van der Waals surface area (Å²) < 4.78 is 2.76. The van der Waals surface area contributed by atoms with Crippen LogP contribution in [0.25, 0.3) is 5.65 Å². The Kier molecular flexibility index (Phi) is 5.85. The van der Waals surface area contributed by atoms with Crippen molar-refractivity contribution in [1.82, 2.24) is 9.38 Å². The highest BCUT2D eigenvalue weighted by Crippen LogP contribution is 2.24. The van der Waals surface area contributed by atoms with E-state index in [1.165, 1.54) is 0 Å². The Hall–Kier alpha value is -2.34. The van der Waals surface area contributed by atoms with E-state index < -0.39 is 0 Å². The standard InChI is InChI=1S/C21H25BrN4O/c1-5-18-19(26-13-14(4)12-17(22)20(26)24-18)21(27)23-15-8-10-16(11-9-15)25(6-2)7-3/h8-13H,5-7H2,1-4H3,(H,23,27). The first-order chi connectivity index (χ1) is 13.0. The molecular formula is C21H25BrN4O. The van der Waals surface area contributed by atoms with Crippen LogP contribution in [0.5, 0.6) is 0 Å². The van der Waals surface area contributed by atoms with Crippen molar-refractivity contribution in [1.29, 1.82) is 0 Å². The second-order valence-electron chi connectivity index (χ2n) is 6.49. The second-order valence-corrected chi connectivity index (χ2v) is 7.35. The molecule has 0 saturated carbocycles. The summed E-state index contributed by atoms with van der Waals surface area (Å²) in [4.78, 5) is 19.9. The summed E-state index contributed by atoms with van der Waals surface area (Å²) in [5.41, 5.74) is 5.14. The van der Waals surface area contributed by atoms with Crippen LogP contribution in [0.3, 0.4) is 0 Å². The average Bonchev–Trinajstić information content (AvgIpc) is 3.03. The van der Waals surface area contributed by atoms with Gasteiger partial charge >= 0.3 is 0 Å². The first-order valence-corrected chi connectivity index (χ1v) is 10.1. The molecule has 3 aromatic rings. The largest absolute Gasteiger partial charge is 0.372 e. The molecule has 1 N–H and O–H groups in total. The van der Waals surface area contributed by atoms with E-state index in [9.17, 15) is 4.79 Å². The monoisotopic (exact) mass is 428 g/mol. The number of carbonyl (C=O) groups excluding carboxylic acids is 1. The molecule has 0 aliphatic rings. The minimum absolute atomic E-state index is 0.146. The fraction of sp³-hybridized carbons (Fsp3) is 0.333. The molecule has 0 fully saturated rings. The number of anilines is 2. The maximum atomic E-state index is 13.0. The van der Waals surface area contributed by atoms with E-state index in [-0.39, 0.29) is 5.91 Å². The van der Waals surface area contributed by atoms with Gasteiger partial charge in [0.1, 0.15) is 5.69 Å². The number of benzene rings is 1. The zero-order valence-electron chi connectivity index (χ0n) is 16.2. The van der Waals surface area contributed by atoms with E-state index in [1.54, 1.807) is 0 Å².